The van der Waals surface area contributed by atoms with Gasteiger partial charge in [0.15, 0.2) is 5.60 Å². The molecule has 12 heteroatoms. The lowest BCUT2D eigenvalue weighted by molar-refractivity contribution is -0.146. The van der Waals surface area contributed by atoms with E-state index in [9.17, 15) is 9.90 Å². The second-order valence-corrected chi connectivity index (χ2v) is 21.9. The number of fused-ring (bicyclic) bond motifs is 3. The van der Waals surface area contributed by atoms with Gasteiger partial charge >= 0.3 is 0 Å². The third-order valence-electron chi connectivity index (χ3n) is 13.3. The number of methoxy groups -OCH3 is 1. The number of rotatable bonds is 14. The highest BCUT2D eigenvalue weighted by atomic mass is 28.3. The first kappa shape index (κ1) is 41.0. The van der Waals surface area contributed by atoms with E-state index in [1.807, 2.05) is 131 Å². The van der Waals surface area contributed by atoms with Crippen LogP contribution in [0.3, 0.4) is 0 Å². The molecule has 5 aromatic carbocycles. The fraction of sp³-hybridized carbons (Fsp3) is 0.280. The van der Waals surface area contributed by atoms with Crippen LogP contribution < -0.4 is 20.1 Å². The number of para-hydroxylation sites is 2. The Labute approximate surface area is 362 Å². The first-order chi connectivity index (χ1) is 30.1. The molecule has 1 saturated heterocycles. The van der Waals surface area contributed by atoms with Gasteiger partial charge in [-0.3, -0.25) is 14.3 Å². The van der Waals surface area contributed by atoms with Crippen LogP contribution in [-0.2, 0) is 39.4 Å². The highest BCUT2D eigenvalue weighted by Crippen LogP contribution is 2.60. The predicted octanol–water partition coefficient (Wildman–Crippen LogP) is 7.93. The van der Waals surface area contributed by atoms with Crippen LogP contribution in [0.5, 0.6) is 5.75 Å². The lowest BCUT2D eigenvalue weighted by atomic mass is 9.82. The number of aliphatic hydroxyl groups excluding tert-OH is 1. The maximum atomic E-state index is 15.3. The zero-order chi connectivity index (χ0) is 43.0. The monoisotopic (exact) mass is 844 g/mol. The van der Waals surface area contributed by atoms with Crippen LogP contribution in [0.25, 0.3) is 10.9 Å². The average molecular weight is 845 g/mol. The molecule has 4 heterocycles. The molecule has 9 rings (SSSR count). The van der Waals surface area contributed by atoms with Gasteiger partial charge in [-0.2, -0.15) is 0 Å². The first-order valence-electron chi connectivity index (χ1n) is 21.3. The third-order valence-corrected chi connectivity index (χ3v) is 17.6. The van der Waals surface area contributed by atoms with E-state index < -0.39 is 13.7 Å². The third kappa shape index (κ3) is 7.41. The molecule has 7 aromatic rings. The van der Waals surface area contributed by atoms with Gasteiger partial charge in [0.1, 0.15) is 5.75 Å². The topological polar surface area (TPSA) is 135 Å². The van der Waals surface area contributed by atoms with Crippen LogP contribution in [0.1, 0.15) is 47.2 Å². The molecule has 0 radical (unpaired) electrons. The van der Waals surface area contributed by atoms with Crippen molar-refractivity contribution in [3.05, 3.63) is 168 Å². The maximum Gasteiger partial charge on any atom is 0.264 e. The van der Waals surface area contributed by atoms with Crippen molar-refractivity contribution in [3.63, 3.8) is 0 Å². The second kappa shape index (κ2) is 16.8. The number of carbonyl (C=O) groups excluding carboxylic acids is 2. The standard InChI is InChI=1S/C50H52N6O5Si/c1-33-48(62(3,4)39-24-22-38(60-2)23-25-39)46(26-27-55-31-44(53-54-55)41(32-57)35-12-6-5-7-13-35)61-50(33)42-15-9-11-17-45(42)56(49(50)59)30-34-18-20-37(21-19-34)52-47(58)28-36-29-51-43-16-10-8-14-40(36)43/h5-25,29,31,33,41,46,48,51,57H,26-28,30,32H2,1-4H3,(H,52,58)/t33-,41?,46+,48-,50+/m1/s1. The van der Waals surface area contributed by atoms with Crippen molar-refractivity contribution in [3.8, 4) is 5.75 Å². The summed E-state index contributed by atoms with van der Waals surface area (Å²) in [5.74, 6) is 0.197. The van der Waals surface area contributed by atoms with Gasteiger partial charge in [-0.1, -0.05) is 121 Å². The molecule has 2 aliphatic rings. The average Bonchev–Trinajstić information content (AvgIpc) is 4.06. The lowest BCUT2D eigenvalue weighted by Crippen LogP contribution is -2.51. The Bertz CT molecular complexity index is 2700. The zero-order valence-electron chi connectivity index (χ0n) is 35.5. The quantitative estimate of drug-likeness (QED) is 0.0948. The molecule has 62 heavy (non-hydrogen) atoms. The van der Waals surface area contributed by atoms with Crippen LogP contribution in [0, 0.1) is 5.92 Å². The van der Waals surface area contributed by atoms with Crippen LogP contribution in [0.15, 0.2) is 140 Å². The summed E-state index contributed by atoms with van der Waals surface area (Å²) in [4.78, 5) is 33.5. The Morgan fingerprint density at radius 3 is 2.44 bits per heavy atom. The molecule has 1 fully saturated rings. The van der Waals surface area contributed by atoms with Crippen molar-refractivity contribution in [1.82, 2.24) is 20.0 Å². The number of aromatic amines is 1. The number of aryl methyl sites for hydroxylation is 1. The number of ether oxygens (including phenoxy) is 2. The summed E-state index contributed by atoms with van der Waals surface area (Å²) in [5, 5.41) is 24.7. The largest absolute Gasteiger partial charge is 0.497 e. The summed E-state index contributed by atoms with van der Waals surface area (Å²) in [7, 11) is -0.692. The maximum absolute atomic E-state index is 15.3. The number of hydrogen-bond acceptors (Lipinski definition) is 7. The van der Waals surface area contributed by atoms with Gasteiger partial charge in [0, 0.05) is 47.0 Å². The molecule has 316 valence electrons. The number of hydrogen-bond donors (Lipinski definition) is 3. The van der Waals surface area contributed by atoms with Gasteiger partial charge < -0.3 is 29.8 Å². The number of nitrogens with one attached hydrogen (secondary N) is 2. The molecule has 5 atom stereocenters. The SMILES string of the molecule is COc1ccc([Si](C)(C)[C@H]2[C@H](CCn3cc(C(CO)c4ccccc4)nn3)O[C@@]3(C(=O)N(Cc4ccc(NC(=O)Cc5c[nH]c6ccccc56)cc4)c4ccccc43)[C@@H]2C)cc1. The fourth-order valence-corrected chi connectivity index (χ4v) is 14.2. The fourth-order valence-electron chi connectivity index (χ4n) is 10.1. The van der Waals surface area contributed by atoms with E-state index in [0.717, 1.165) is 44.6 Å². The van der Waals surface area contributed by atoms with Crippen molar-refractivity contribution in [2.75, 3.05) is 23.9 Å². The number of nitrogens with zero attached hydrogens (tertiary/aromatic N) is 4. The summed E-state index contributed by atoms with van der Waals surface area (Å²) >= 11 is 0. The predicted molar refractivity (Wildman–Crippen MR) is 244 cm³/mol. The Morgan fingerprint density at radius 1 is 0.952 bits per heavy atom. The Morgan fingerprint density at radius 2 is 1.68 bits per heavy atom. The first-order valence-corrected chi connectivity index (χ1v) is 24.4. The van der Waals surface area contributed by atoms with E-state index in [1.165, 1.54) is 5.19 Å². The Hall–Kier alpha value is -6.34. The normalized spacial score (nSPS) is 20.2. The van der Waals surface area contributed by atoms with Crippen molar-refractivity contribution in [1.29, 1.82) is 0 Å². The molecule has 0 saturated carbocycles. The zero-order valence-corrected chi connectivity index (χ0v) is 36.5. The van der Waals surface area contributed by atoms with E-state index in [0.29, 0.717) is 30.9 Å². The molecule has 0 aliphatic carbocycles. The number of carbonyl (C=O) groups is 2. The molecule has 1 unspecified atom stereocenters. The van der Waals surface area contributed by atoms with E-state index in [-0.39, 0.29) is 48.3 Å². The number of anilines is 2. The molecule has 1 spiro atoms. The lowest BCUT2D eigenvalue weighted by Gasteiger charge is -2.37. The minimum atomic E-state index is -2.37. The van der Waals surface area contributed by atoms with Crippen molar-refractivity contribution in [2.24, 2.45) is 5.92 Å². The van der Waals surface area contributed by atoms with E-state index in [1.54, 1.807) is 7.11 Å². The molecule has 0 bridgehead atoms. The number of amides is 2. The van der Waals surface area contributed by atoms with Gasteiger partial charge in [-0.15, -0.1) is 5.10 Å². The number of H-pyrrole nitrogens is 1. The number of aliphatic hydroxyl groups is 1. The van der Waals surface area contributed by atoms with Crippen LogP contribution in [0.2, 0.25) is 18.6 Å². The van der Waals surface area contributed by atoms with Crippen molar-refractivity contribution in [2.45, 2.75) is 69.1 Å². The minimum Gasteiger partial charge on any atom is -0.497 e. The number of benzene rings is 5. The van der Waals surface area contributed by atoms with Crippen molar-refractivity contribution >= 4 is 47.4 Å². The van der Waals surface area contributed by atoms with E-state index >= 15 is 4.79 Å². The van der Waals surface area contributed by atoms with Crippen LogP contribution in [-0.4, -0.2) is 64.8 Å². The van der Waals surface area contributed by atoms with Gasteiger partial charge in [0.05, 0.1) is 58.2 Å². The molecular weight excluding hydrogens is 793 g/mol. The minimum absolute atomic E-state index is 0.0532. The summed E-state index contributed by atoms with van der Waals surface area (Å²) in [6, 6.07) is 42.0. The summed E-state index contributed by atoms with van der Waals surface area (Å²) in [5.41, 5.74) is 5.86. The van der Waals surface area contributed by atoms with Crippen LogP contribution >= 0.6 is 0 Å². The molecule has 2 aliphatic heterocycles. The second-order valence-electron chi connectivity index (χ2n) is 17.2. The smallest absolute Gasteiger partial charge is 0.264 e. The molecule has 2 aromatic heterocycles. The van der Waals surface area contributed by atoms with Crippen molar-refractivity contribution < 1.29 is 24.2 Å². The highest BCUT2D eigenvalue weighted by Gasteiger charge is 2.66. The van der Waals surface area contributed by atoms with Gasteiger partial charge in [-0.25, -0.2) is 0 Å². The Kier molecular flexibility index (Phi) is 11.1. The van der Waals surface area contributed by atoms with E-state index in [4.69, 9.17) is 9.47 Å². The summed E-state index contributed by atoms with van der Waals surface area (Å²) in [6.07, 6.45) is 4.41. The molecule has 3 N–H and O–H groups in total. The number of aromatic nitrogens is 4. The van der Waals surface area contributed by atoms with Gasteiger partial charge in [0.2, 0.25) is 5.91 Å². The van der Waals surface area contributed by atoms with Crippen LogP contribution in [0.4, 0.5) is 11.4 Å². The van der Waals surface area contributed by atoms with Gasteiger partial charge in [-0.05, 0) is 65.1 Å². The summed E-state index contributed by atoms with van der Waals surface area (Å²) < 4.78 is 14.7. The molecule has 2 amide bonds. The van der Waals surface area contributed by atoms with E-state index in [2.05, 4.69) is 58.8 Å². The van der Waals surface area contributed by atoms with Gasteiger partial charge in [0.25, 0.3) is 5.91 Å². The molecule has 11 nitrogen and oxygen atoms in total. The Balaban J connectivity index is 0.975. The summed E-state index contributed by atoms with van der Waals surface area (Å²) in [6.45, 7) is 7.77. The molecular formula is C50H52N6O5Si. The highest BCUT2D eigenvalue weighted by molar-refractivity contribution is 6.91.